The number of benzene rings is 1. The van der Waals surface area contributed by atoms with Crippen molar-refractivity contribution >= 4 is 11.8 Å². The van der Waals surface area contributed by atoms with Crippen LogP contribution in [0.1, 0.15) is 46.4 Å². The predicted octanol–water partition coefficient (Wildman–Crippen LogP) is 0.785. The Bertz CT molecular complexity index is 479. The van der Waals surface area contributed by atoms with Crippen LogP contribution >= 0.6 is 0 Å². The number of carbonyl (C=O) groups is 2. The Morgan fingerprint density at radius 2 is 1.74 bits per heavy atom. The second kappa shape index (κ2) is 5.84. The molecule has 1 fully saturated rings. The van der Waals surface area contributed by atoms with Gasteiger partial charge in [-0.15, -0.1) is 0 Å². The molecule has 0 saturated heterocycles. The largest absolute Gasteiger partial charge is 0.366 e. The fourth-order valence-corrected chi connectivity index (χ4v) is 2.35. The monoisotopic (exact) mass is 261 g/mol. The predicted molar refractivity (Wildman–Crippen MR) is 72.7 cm³/mol. The zero-order valence-electron chi connectivity index (χ0n) is 10.8. The van der Waals surface area contributed by atoms with Crippen LogP contribution in [0, 0.1) is 0 Å². The number of carbonyl (C=O) groups excluding carboxylic acids is 2. The number of hydrogen-bond acceptors (Lipinski definition) is 3. The molecule has 0 unspecified atom stereocenters. The molecule has 5 heteroatoms. The van der Waals surface area contributed by atoms with Crippen molar-refractivity contribution in [3.8, 4) is 0 Å². The standard InChI is InChI=1S/C14H19N3O2/c15-11-4-6-12(7-5-11)17-14(19)10-3-1-2-9(8-10)13(16)18/h1-3,8,11-12H,4-7,15H2,(H2,16,18)(H,17,19). The third-order valence-electron chi connectivity index (χ3n) is 3.52. The number of hydrogen-bond donors (Lipinski definition) is 3. The number of amides is 2. The van der Waals surface area contributed by atoms with E-state index in [-0.39, 0.29) is 18.0 Å². The summed E-state index contributed by atoms with van der Waals surface area (Å²) in [6, 6.07) is 6.88. The van der Waals surface area contributed by atoms with Crippen LogP contribution < -0.4 is 16.8 Å². The molecule has 5 nitrogen and oxygen atoms in total. The Hall–Kier alpha value is -1.88. The maximum atomic E-state index is 12.1. The number of primary amides is 1. The van der Waals surface area contributed by atoms with Gasteiger partial charge in [0.15, 0.2) is 0 Å². The van der Waals surface area contributed by atoms with Crippen LogP contribution in [-0.4, -0.2) is 23.9 Å². The van der Waals surface area contributed by atoms with Crippen molar-refractivity contribution in [3.05, 3.63) is 35.4 Å². The number of rotatable bonds is 3. The van der Waals surface area contributed by atoms with Gasteiger partial charge in [0, 0.05) is 23.2 Å². The molecule has 0 spiro atoms. The van der Waals surface area contributed by atoms with Crippen molar-refractivity contribution in [2.75, 3.05) is 0 Å². The number of nitrogens with one attached hydrogen (secondary N) is 1. The van der Waals surface area contributed by atoms with Gasteiger partial charge < -0.3 is 16.8 Å². The van der Waals surface area contributed by atoms with Crippen LogP contribution in [0.2, 0.25) is 0 Å². The smallest absolute Gasteiger partial charge is 0.251 e. The Balaban J connectivity index is 2.00. The van der Waals surface area contributed by atoms with Gasteiger partial charge in [-0.25, -0.2) is 0 Å². The van der Waals surface area contributed by atoms with Crippen LogP contribution in [0.15, 0.2) is 24.3 Å². The maximum absolute atomic E-state index is 12.1. The Morgan fingerprint density at radius 1 is 1.11 bits per heavy atom. The lowest BCUT2D eigenvalue weighted by atomic mass is 9.91. The quantitative estimate of drug-likeness (QED) is 0.750. The molecule has 1 aromatic carbocycles. The van der Waals surface area contributed by atoms with Crippen molar-refractivity contribution < 1.29 is 9.59 Å². The molecule has 1 aliphatic carbocycles. The van der Waals surface area contributed by atoms with Gasteiger partial charge in [-0.05, 0) is 43.9 Å². The van der Waals surface area contributed by atoms with Crippen molar-refractivity contribution in [2.24, 2.45) is 11.5 Å². The molecule has 5 N–H and O–H groups in total. The number of nitrogens with two attached hydrogens (primary N) is 2. The lowest BCUT2D eigenvalue weighted by molar-refractivity contribution is 0.0926. The van der Waals surface area contributed by atoms with E-state index in [2.05, 4.69) is 5.32 Å². The molecule has 0 aromatic heterocycles. The molecular weight excluding hydrogens is 242 g/mol. The van der Waals surface area contributed by atoms with Gasteiger partial charge >= 0.3 is 0 Å². The molecule has 0 aliphatic heterocycles. The van der Waals surface area contributed by atoms with Crippen molar-refractivity contribution in [1.29, 1.82) is 0 Å². The molecule has 1 aromatic rings. The Labute approximate surface area is 112 Å². The highest BCUT2D eigenvalue weighted by Gasteiger charge is 2.20. The lowest BCUT2D eigenvalue weighted by Crippen LogP contribution is -2.40. The zero-order valence-corrected chi connectivity index (χ0v) is 10.8. The van der Waals surface area contributed by atoms with Gasteiger partial charge in [0.2, 0.25) is 5.91 Å². The minimum Gasteiger partial charge on any atom is -0.366 e. The molecule has 0 bridgehead atoms. The summed E-state index contributed by atoms with van der Waals surface area (Å²) in [6.45, 7) is 0. The minimum absolute atomic E-state index is 0.163. The van der Waals surface area contributed by atoms with E-state index in [1.54, 1.807) is 18.2 Å². The topological polar surface area (TPSA) is 98.2 Å². The summed E-state index contributed by atoms with van der Waals surface area (Å²) in [5.41, 5.74) is 11.8. The molecule has 1 aliphatic rings. The second-order valence-electron chi connectivity index (χ2n) is 5.03. The molecule has 0 atom stereocenters. The summed E-state index contributed by atoms with van der Waals surface area (Å²) in [5, 5.41) is 2.98. The van der Waals surface area contributed by atoms with Crippen molar-refractivity contribution in [2.45, 2.75) is 37.8 Å². The molecule has 2 rings (SSSR count). The van der Waals surface area contributed by atoms with Crippen LogP contribution in [0.25, 0.3) is 0 Å². The highest BCUT2D eigenvalue weighted by molar-refractivity contribution is 5.99. The van der Waals surface area contributed by atoms with Crippen LogP contribution in [0.4, 0.5) is 0 Å². The van der Waals surface area contributed by atoms with Crippen LogP contribution in [-0.2, 0) is 0 Å². The third-order valence-corrected chi connectivity index (χ3v) is 3.52. The Morgan fingerprint density at radius 3 is 2.37 bits per heavy atom. The maximum Gasteiger partial charge on any atom is 0.251 e. The van der Waals surface area contributed by atoms with E-state index < -0.39 is 5.91 Å². The summed E-state index contributed by atoms with van der Waals surface area (Å²) in [6.07, 6.45) is 3.68. The molecule has 19 heavy (non-hydrogen) atoms. The van der Waals surface area contributed by atoms with Gasteiger partial charge in [0.05, 0.1) is 0 Å². The second-order valence-corrected chi connectivity index (χ2v) is 5.03. The van der Waals surface area contributed by atoms with Gasteiger partial charge in [0.25, 0.3) is 5.91 Å². The van der Waals surface area contributed by atoms with E-state index >= 15 is 0 Å². The fraction of sp³-hybridized carbons (Fsp3) is 0.429. The fourth-order valence-electron chi connectivity index (χ4n) is 2.35. The highest BCUT2D eigenvalue weighted by Crippen LogP contribution is 2.17. The van der Waals surface area contributed by atoms with E-state index in [0.717, 1.165) is 25.7 Å². The molecule has 102 valence electrons. The Kier molecular flexibility index (Phi) is 4.16. The average Bonchev–Trinajstić information content (AvgIpc) is 2.41. The van der Waals surface area contributed by atoms with E-state index in [9.17, 15) is 9.59 Å². The highest BCUT2D eigenvalue weighted by atomic mass is 16.2. The molecule has 0 radical (unpaired) electrons. The molecule has 1 saturated carbocycles. The van der Waals surface area contributed by atoms with Crippen LogP contribution in [0.3, 0.4) is 0 Å². The van der Waals surface area contributed by atoms with Gasteiger partial charge in [0.1, 0.15) is 0 Å². The summed E-state index contributed by atoms with van der Waals surface area (Å²) in [7, 11) is 0. The lowest BCUT2D eigenvalue weighted by Gasteiger charge is -2.26. The summed E-state index contributed by atoms with van der Waals surface area (Å²) in [5.74, 6) is -0.693. The van der Waals surface area contributed by atoms with E-state index in [0.29, 0.717) is 11.1 Å². The first-order valence-corrected chi connectivity index (χ1v) is 6.52. The van der Waals surface area contributed by atoms with Crippen molar-refractivity contribution in [1.82, 2.24) is 5.32 Å². The molecule has 0 heterocycles. The summed E-state index contributed by atoms with van der Waals surface area (Å²) < 4.78 is 0. The first kappa shape index (κ1) is 13.5. The summed E-state index contributed by atoms with van der Waals surface area (Å²) in [4.78, 5) is 23.2. The SMILES string of the molecule is NC(=O)c1cccc(C(=O)NC2CCC(N)CC2)c1. The minimum atomic E-state index is -0.529. The first-order valence-electron chi connectivity index (χ1n) is 6.52. The zero-order chi connectivity index (χ0) is 13.8. The van der Waals surface area contributed by atoms with Gasteiger partial charge in [-0.2, -0.15) is 0 Å². The summed E-state index contributed by atoms with van der Waals surface area (Å²) >= 11 is 0. The first-order chi connectivity index (χ1) is 9.06. The van der Waals surface area contributed by atoms with E-state index in [1.165, 1.54) is 6.07 Å². The third kappa shape index (κ3) is 3.54. The molecule has 2 amide bonds. The normalized spacial score (nSPS) is 22.8. The van der Waals surface area contributed by atoms with E-state index in [4.69, 9.17) is 11.5 Å². The van der Waals surface area contributed by atoms with Crippen molar-refractivity contribution in [3.63, 3.8) is 0 Å². The average molecular weight is 261 g/mol. The van der Waals surface area contributed by atoms with E-state index in [1.807, 2.05) is 0 Å². The van der Waals surface area contributed by atoms with Crippen LogP contribution in [0.5, 0.6) is 0 Å². The van der Waals surface area contributed by atoms with Gasteiger partial charge in [-0.1, -0.05) is 6.07 Å². The van der Waals surface area contributed by atoms with Gasteiger partial charge in [-0.3, -0.25) is 9.59 Å². The molecular formula is C14H19N3O2.